The summed E-state index contributed by atoms with van der Waals surface area (Å²) in [4.78, 5) is 74.2. The second kappa shape index (κ2) is 49.8. The molecule has 11 aromatic rings. The maximum Gasteiger partial charge on any atom is 0.417 e. The number of nitrogens with zero attached hydrogens (tertiary/aromatic N) is 8. The van der Waals surface area contributed by atoms with Crippen LogP contribution in [0.3, 0.4) is 0 Å². The molecule has 133 heavy (non-hydrogen) atoms. The summed E-state index contributed by atoms with van der Waals surface area (Å²) < 4.78 is 173. The van der Waals surface area contributed by atoms with Gasteiger partial charge in [0.2, 0.25) is 11.8 Å². The summed E-state index contributed by atoms with van der Waals surface area (Å²) in [6.07, 6.45) is 14.4. The Balaban J connectivity index is 0.000000173. The normalized spacial score (nSPS) is 13.3. The molecule has 4 heterocycles. The summed E-state index contributed by atoms with van der Waals surface area (Å²) in [5, 5.41) is 20.6. The van der Waals surface area contributed by atoms with Gasteiger partial charge in [-0.25, -0.2) is 26.3 Å². The summed E-state index contributed by atoms with van der Waals surface area (Å²) >= 11 is 30.4. The number of carbonyl (C=O) groups is 4. The quantitative estimate of drug-likeness (QED) is 0.00721. The van der Waals surface area contributed by atoms with E-state index >= 15 is 0 Å². The number of piperidine rings is 1. The van der Waals surface area contributed by atoms with Crippen molar-refractivity contribution in [2.45, 2.75) is 110 Å². The highest BCUT2D eigenvalue weighted by Crippen LogP contribution is 2.42. The lowest BCUT2D eigenvalue weighted by Crippen LogP contribution is -2.35. The first-order chi connectivity index (χ1) is 63.7. The van der Waals surface area contributed by atoms with Gasteiger partial charge in [0.25, 0.3) is 11.7 Å². The SMILES string of the molecule is C#CCOc1ccc(CCNC(=O)C(OCC#C)c2ccc(Cl)cc2)cc1OC.Cc1cc(F)c(-c2c(Cl)nc3ncnn3c2N2CCC(C)CC2)c(F)c1.Cc1cnc(CCC(=O)c2c(Cl)cccc2Cl)c(Cl)c1.O=C(Cc1ccccc1)N/C(=N\OCC1CC1)c1c(C(F)(F)F)ccc(F)c1F.O=C(Cc1ccccc1)N/C(=N\OCC1CC1)c1c(OC(F)F)ccc(F)c1F. The van der Waals surface area contributed by atoms with Crippen LogP contribution in [0, 0.1) is 91.2 Å². The number of carbonyl (C=O) groups excluding carboxylic acids is 4. The molecule has 3 aliphatic rings. The smallest absolute Gasteiger partial charge is 0.417 e. The fourth-order valence-electron chi connectivity index (χ4n) is 13.1. The van der Waals surface area contributed by atoms with E-state index in [4.69, 9.17) is 94.7 Å². The van der Waals surface area contributed by atoms with Crippen LogP contribution in [-0.4, -0.2) is 120 Å². The number of amides is 3. The van der Waals surface area contributed by atoms with Gasteiger partial charge in [0, 0.05) is 37.3 Å². The standard InChI is InChI=1S/C23H22ClNO4.C20H17F5N2O2.C20H18F4N2O3.C18H18ClF2N5.C15H12Cl3NO/c1-4-14-28-20-11-6-17(16-21(20)27-3)12-13-25-23(26)22(29-15-5-2)18-7-9-19(24)10-8-18;21-15-9-8-14(20(23,24)25)17(18(15)22)19(27-29-11-13-6-7-13)26-16(28)10-12-4-2-1-3-5-12;21-14-8-9-15(29-20(23)24)17(18(14)22)19(26-28-11-13-6-7-13)25-16(27)10-12-4-2-1-3-5-12;1-10-3-5-25(6-4-10)17-15(14-12(20)7-11(2)8-13(14)21)16(19)24-18-22-9-23-26(17)18;1-9-7-12(18)13(19-8-9)5-6-14(20)15-10(16)3-2-4-11(15)17/h1-2,6-11,16,22H,12-15H2,3H3,(H,25,26);1-5,8-9,13H,6-7,10-11H2,(H,26,27,28);1-5,8-9,13,20H,6-7,10-11H2,(H,25,26,27);7-10H,3-6H2,1-2H3;2-4,7-8H,5-6H2,1H3. The number of hydrogen-bond donors (Lipinski definition) is 3. The van der Waals surface area contributed by atoms with E-state index in [1.807, 2.05) is 25.1 Å². The first-order valence-electron chi connectivity index (χ1n) is 41.3. The second-order valence-corrected chi connectivity index (χ2v) is 32.5. The number of halogens is 16. The van der Waals surface area contributed by atoms with Crippen molar-refractivity contribution in [1.29, 1.82) is 0 Å². The van der Waals surface area contributed by atoms with Gasteiger partial charge in [0.15, 0.2) is 58.3 Å². The van der Waals surface area contributed by atoms with E-state index in [1.54, 1.807) is 129 Å². The molecule has 1 unspecified atom stereocenters. The van der Waals surface area contributed by atoms with Gasteiger partial charge < -0.3 is 49.5 Å². The zero-order valence-corrected chi connectivity index (χ0v) is 75.5. The molecule has 0 spiro atoms. The molecule has 3 fully saturated rings. The third-order valence-electron chi connectivity index (χ3n) is 20.2. The number of pyridine rings is 1. The van der Waals surface area contributed by atoms with E-state index in [0.29, 0.717) is 120 Å². The minimum atomic E-state index is -4.99. The molecule has 2 aliphatic carbocycles. The topological polar surface area (TPSA) is 244 Å². The van der Waals surface area contributed by atoms with Crippen molar-refractivity contribution in [2.24, 2.45) is 28.1 Å². The fraction of sp³-hybridized carbons (Fsp3) is 0.292. The number of benzene rings is 8. The predicted molar refractivity (Wildman–Crippen MR) is 484 cm³/mol. The zero-order valence-electron chi connectivity index (χ0n) is 71.7. The van der Waals surface area contributed by atoms with Crippen LogP contribution in [0.2, 0.25) is 25.2 Å². The summed E-state index contributed by atoms with van der Waals surface area (Å²) in [5.41, 5.74) is 2.07. The second-order valence-electron chi connectivity index (χ2n) is 30.4. The van der Waals surface area contributed by atoms with Crippen molar-refractivity contribution >= 4 is 105 Å². The van der Waals surface area contributed by atoms with Crippen LogP contribution < -0.4 is 35.1 Å². The molecule has 8 aromatic carbocycles. The number of oxime groups is 2. The Labute approximate surface area is 784 Å². The van der Waals surface area contributed by atoms with Crippen molar-refractivity contribution in [2.75, 3.05) is 58.1 Å². The largest absolute Gasteiger partial charge is 0.493 e. The van der Waals surface area contributed by atoms with Crippen molar-refractivity contribution < 1.29 is 96.1 Å². The molecule has 698 valence electrons. The summed E-state index contributed by atoms with van der Waals surface area (Å²) in [6, 6.07) is 41.1. The molecular weight excluding hydrogens is 1850 g/mol. The summed E-state index contributed by atoms with van der Waals surface area (Å²) in [5.74, 6) is -3.31. The van der Waals surface area contributed by atoms with Crippen molar-refractivity contribution in [3.8, 4) is 53.1 Å². The molecule has 3 N–H and O–H groups in total. The van der Waals surface area contributed by atoms with Gasteiger partial charge in [0.1, 0.15) is 66.7 Å². The molecule has 3 aromatic heterocycles. The number of terminal acetylenes is 2. The number of rotatable bonds is 30. The Hall–Kier alpha value is -12.6. The molecular formula is C96H87Cl5F11N11O10. The lowest BCUT2D eigenvalue weighted by Gasteiger charge is -2.33. The maximum absolute atomic E-state index is 14.7. The van der Waals surface area contributed by atoms with E-state index < -0.39 is 99.7 Å². The van der Waals surface area contributed by atoms with Crippen molar-refractivity contribution in [1.82, 2.24) is 40.5 Å². The number of aromatic nitrogens is 5. The van der Waals surface area contributed by atoms with Crippen LogP contribution in [0.5, 0.6) is 17.2 Å². The Morgan fingerprint density at radius 1 is 0.594 bits per heavy atom. The number of hydrogen-bond acceptors (Lipinski definition) is 17. The first kappa shape index (κ1) is 103. The van der Waals surface area contributed by atoms with Crippen LogP contribution in [-0.2, 0) is 60.7 Å². The van der Waals surface area contributed by atoms with E-state index in [9.17, 15) is 67.5 Å². The molecule has 2 saturated carbocycles. The minimum absolute atomic E-state index is 0.0146. The molecule has 21 nitrogen and oxygen atoms in total. The van der Waals surface area contributed by atoms with E-state index in [2.05, 4.69) is 74.7 Å². The Morgan fingerprint density at radius 3 is 1.71 bits per heavy atom. The number of nitrogens with one attached hydrogen (secondary N) is 3. The predicted octanol–water partition coefficient (Wildman–Crippen LogP) is 21.3. The molecule has 1 saturated heterocycles. The fourth-order valence-corrected chi connectivity index (χ4v) is 14.4. The summed E-state index contributed by atoms with van der Waals surface area (Å²) in [7, 11) is 1.56. The van der Waals surface area contributed by atoms with Crippen LogP contribution in [0.25, 0.3) is 16.9 Å². The minimum Gasteiger partial charge on any atom is -0.493 e. The van der Waals surface area contributed by atoms with Gasteiger partial charge in [-0.3, -0.25) is 24.2 Å². The highest BCUT2D eigenvalue weighted by Gasteiger charge is 2.39. The average Bonchev–Trinajstić information content (AvgIpc) is 1.72. The first-order valence-corrected chi connectivity index (χ1v) is 43.2. The third kappa shape index (κ3) is 30.5. The number of methoxy groups -OCH3 is 1. The molecule has 0 bridgehead atoms. The lowest BCUT2D eigenvalue weighted by molar-refractivity contribution is -0.138. The number of amidine groups is 2. The number of ketones is 1. The monoisotopic (exact) mass is 1940 g/mol. The number of aryl methyl sites for hydroxylation is 3. The lowest BCUT2D eigenvalue weighted by atomic mass is 9.98. The number of ether oxygens (including phenoxy) is 4. The van der Waals surface area contributed by atoms with E-state index in [-0.39, 0.29) is 85.5 Å². The maximum atomic E-state index is 14.7. The number of Topliss-reactive ketones (excluding diaryl/α,β-unsaturated/α-hetero) is 1. The van der Waals surface area contributed by atoms with Gasteiger partial charge in [-0.05, 0) is 195 Å². The van der Waals surface area contributed by atoms with E-state index in [1.165, 1.54) is 23.0 Å². The van der Waals surface area contributed by atoms with E-state index in [0.717, 1.165) is 68.8 Å². The van der Waals surface area contributed by atoms with Crippen LogP contribution in [0.4, 0.5) is 54.1 Å². The third-order valence-corrected chi connectivity index (χ3v) is 21.6. The number of fused-ring (bicyclic) bond motifs is 1. The molecule has 3 amide bonds. The molecule has 14 rings (SSSR count). The number of anilines is 1. The molecule has 37 heteroatoms. The van der Waals surface area contributed by atoms with Crippen molar-refractivity contribution in [3.63, 3.8) is 0 Å². The van der Waals surface area contributed by atoms with Gasteiger partial charge in [0.05, 0.1) is 68.5 Å². The van der Waals surface area contributed by atoms with Gasteiger partial charge in [-0.1, -0.05) is 172 Å². The molecule has 1 aliphatic heterocycles. The van der Waals surface area contributed by atoms with Crippen LogP contribution >= 0.6 is 58.0 Å². The van der Waals surface area contributed by atoms with Gasteiger partial charge >= 0.3 is 12.8 Å². The van der Waals surface area contributed by atoms with Gasteiger partial charge in [-0.2, -0.15) is 41.5 Å². The highest BCUT2D eigenvalue weighted by molar-refractivity contribution is 6.40. The number of alkyl halides is 5. The average molecular weight is 1940 g/mol. The van der Waals surface area contributed by atoms with Crippen LogP contribution in [0.15, 0.2) is 187 Å². The summed E-state index contributed by atoms with van der Waals surface area (Å²) in [6.45, 7) is 4.88. The highest BCUT2D eigenvalue weighted by atomic mass is 35.5. The Bertz CT molecular complexity index is 5980. The zero-order chi connectivity index (χ0) is 96.0. The molecule has 0 radical (unpaired) electrons. The molecule has 1 atom stereocenters. The van der Waals surface area contributed by atoms with Crippen LogP contribution in [0.1, 0.15) is 124 Å². The van der Waals surface area contributed by atoms with Gasteiger partial charge in [-0.15, -0.1) is 12.8 Å². The Morgan fingerprint density at radius 2 is 1.16 bits per heavy atom. The van der Waals surface area contributed by atoms with Crippen molar-refractivity contribution in [3.05, 3.63) is 298 Å². The Kier molecular flexibility index (Phi) is 38.4.